The maximum Gasteiger partial charge on any atom is 0.315 e. The molecule has 104 valence electrons. The molecule has 0 heterocycles. The molecule has 3 N–H and O–H groups in total. The smallest absolute Gasteiger partial charge is 0.315 e. The summed E-state index contributed by atoms with van der Waals surface area (Å²) in [6.07, 6.45) is 0.679. The van der Waals surface area contributed by atoms with Gasteiger partial charge in [0.1, 0.15) is 0 Å². The summed E-state index contributed by atoms with van der Waals surface area (Å²) >= 11 is 0. The van der Waals surface area contributed by atoms with E-state index in [4.69, 9.17) is 5.11 Å². The van der Waals surface area contributed by atoms with Gasteiger partial charge in [-0.25, -0.2) is 4.79 Å². The molecular formula is C14H20N2O3. The molecule has 0 aliphatic carbocycles. The van der Waals surface area contributed by atoms with Crippen molar-refractivity contribution in [1.29, 1.82) is 0 Å². The van der Waals surface area contributed by atoms with Gasteiger partial charge in [0.2, 0.25) is 0 Å². The Morgan fingerprint density at radius 3 is 2.63 bits per heavy atom. The Labute approximate surface area is 113 Å². The molecule has 1 aromatic carbocycles. The SMILES string of the molecule is Cc1ccccc1CC(C)NC(=O)NCCC(=O)O. The highest BCUT2D eigenvalue weighted by Gasteiger charge is 2.09. The summed E-state index contributed by atoms with van der Waals surface area (Å²) < 4.78 is 0. The highest BCUT2D eigenvalue weighted by Crippen LogP contribution is 2.09. The molecule has 2 amide bonds. The molecule has 5 nitrogen and oxygen atoms in total. The van der Waals surface area contributed by atoms with Crippen LogP contribution in [0.15, 0.2) is 24.3 Å². The van der Waals surface area contributed by atoms with Crippen molar-refractivity contribution in [2.24, 2.45) is 0 Å². The molecule has 1 rings (SSSR count). The Morgan fingerprint density at radius 2 is 2.00 bits per heavy atom. The summed E-state index contributed by atoms with van der Waals surface area (Å²) in [5.41, 5.74) is 2.39. The normalized spacial score (nSPS) is 11.7. The van der Waals surface area contributed by atoms with Crippen LogP contribution in [0.1, 0.15) is 24.5 Å². The average Bonchev–Trinajstić information content (AvgIpc) is 2.31. The van der Waals surface area contributed by atoms with Crippen molar-refractivity contribution in [3.05, 3.63) is 35.4 Å². The van der Waals surface area contributed by atoms with Gasteiger partial charge >= 0.3 is 12.0 Å². The van der Waals surface area contributed by atoms with Crippen LogP contribution in [0, 0.1) is 6.92 Å². The zero-order chi connectivity index (χ0) is 14.3. The minimum atomic E-state index is -0.923. The molecule has 1 unspecified atom stereocenters. The average molecular weight is 264 g/mol. The Bertz CT molecular complexity index is 446. The lowest BCUT2D eigenvalue weighted by Crippen LogP contribution is -2.42. The first-order chi connectivity index (χ1) is 8.99. The number of benzene rings is 1. The first kappa shape index (κ1) is 15.0. The Hall–Kier alpha value is -2.04. The van der Waals surface area contributed by atoms with E-state index in [0.717, 1.165) is 6.42 Å². The lowest BCUT2D eigenvalue weighted by atomic mass is 10.0. The van der Waals surface area contributed by atoms with Crippen LogP contribution in [0.2, 0.25) is 0 Å². The second-order valence-electron chi connectivity index (χ2n) is 4.58. The second kappa shape index (κ2) is 7.41. The molecule has 0 aromatic heterocycles. The fourth-order valence-corrected chi connectivity index (χ4v) is 1.78. The maximum absolute atomic E-state index is 11.5. The van der Waals surface area contributed by atoms with Gasteiger partial charge in [0, 0.05) is 12.6 Å². The van der Waals surface area contributed by atoms with Crippen LogP contribution in [-0.4, -0.2) is 29.7 Å². The van der Waals surface area contributed by atoms with Crippen molar-refractivity contribution in [2.45, 2.75) is 32.7 Å². The van der Waals surface area contributed by atoms with Gasteiger partial charge in [-0.05, 0) is 31.4 Å². The summed E-state index contributed by atoms with van der Waals surface area (Å²) in [6, 6.07) is 7.69. The minimum absolute atomic E-state index is 0.00840. The number of nitrogens with one attached hydrogen (secondary N) is 2. The van der Waals surface area contributed by atoms with Crippen molar-refractivity contribution < 1.29 is 14.7 Å². The molecule has 0 radical (unpaired) electrons. The number of aliphatic carboxylic acids is 1. The summed E-state index contributed by atoms with van der Waals surface area (Å²) in [6.45, 7) is 4.09. The molecule has 0 spiro atoms. The predicted octanol–water partition coefficient (Wildman–Crippen LogP) is 1.70. The van der Waals surface area contributed by atoms with E-state index in [1.807, 2.05) is 38.1 Å². The predicted molar refractivity (Wildman–Crippen MR) is 73.1 cm³/mol. The fourth-order valence-electron chi connectivity index (χ4n) is 1.78. The van der Waals surface area contributed by atoms with Gasteiger partial charge in [0.05, 0.1) is 6.42 Å². The lowest BCUT2D eigenvalue weighted by Gasteiger charge is -2.15. The number of carbonyl (C=O) groups excluding carboxylic acids is 1. The van der Waals surface area contributed by atoms with E-state index in [1.165, 1.54) is 11.1 Å². The molecule has 0 fully saturated rings. The maximum atomic E-state index is 11.5. The molecular weight excluding hydrogens is 244 g/mol. The molecule has 1 aromatic rings. The van der Waals surface area contributed by atoms with Crippen LogP contribution in [0.3, 0.4) is 0 Å². The first-order valence-corrected chi connectivity index (χ1v) is 6.29. The number of aryl methyl sites for hydroxylation is 1. The number of urea groups is 1. The van der Waals surface area contributed by atoms with Crippen LogP contribution < -0.4 is 10.6 Å². The summed E-state index contributed by atoms with van der Waals surface area (Å²) in [4.78, 5) is 21.8. The third-order valence-electron chi connectivity index (χ3n) is 2.79. The van der Waals surface area contributed by atoms with Gasteiger partial charge in [-0.15, -0.1) is 0 Å². The van der Waals surface area contributed by atoms with E-state index in [1.54, 1.807) is 0 Å². The number of rotatable bonds is 6. The van der Waals surface area contributed by atoms with Crippen molar-refractivity contribution in [3.63, 3.8) is 0 Å². The molecule has 0 aliphatic heterocycles. The Kier molecular flexibility index (Phi) is 5.85. The van der Waals surface area contributed by atoms with E-state index < -0.39 is 5.97 Å². The number of carboxylic acid groups (broad SMARTS) is 1. The van der Waals surface area contributed by atoms with Crippen molar-refractivity contribution in [3.8, 4) is 0 Å². The number of amides is 2. The zero-order valence-electron chi connectivity index (χ0n) is 11.3. The monoisotopic (exact) mass is 264 g/mol. The third kappa shape index (κ3) is 5.90. The topological polar surface area (TPSA) is 78.4 Å². The lowest BCUT2D eigenvalue weighted by molar-refractivity contribution is -0.136. The highest BCUT2D eigenvalue weighted by atomic mass is 16.4. The van der Waals surface area contributed by atoms with Crippen molar-refractivity contribution in [2.75, 3.05) is 6.54 Å². The Morgan fingerprint density at radius 1 is 1.32 bits per heavy atom. The zero-order valence-corrected chi connectivity index (χ0v) is 11.3. The van der Waals surface area contributed by atoms with Crippen LogP contribution in [0.4, 0.5) is 4.79 Å². The molecule has 0 bridgehead atoms. The van der Waals surface area contributed by atoms with E-state index >= 15 is 0 Å². The third-order valence-corrected chi connectivity index (χ3v) is 2.79. The van der Waals surface area contributed by atoms with Gasteiger partial charge < -0.3 is 15.7 Å². The molecule has 1 atom stereocenters. The fraction of sp³-hybridized carbons (Fsp3) is 0.429. The molecule has 0 saturated carbocycles. The summed E-state index contributed by atoms with van der Waals surface area (Å²) in [5, 5.41) is 13.8. The summed E-state index contributed by atoms with van der Waals surface area (Å²) in [7, 11) is 0. The quantitative estimate of drug-likeness (QED) is 0.731. The van der Waals surface area contributed by atoms with E-state index in [0.29, 0.717) is 0 Å². The molecule has 0 saturated heterocycles. The largest absolute Gasteiger partial charge is 0.481 e. The van der Waals surface area contributed by atoms with Crippen LogP contribution in [0.25, 0.3) is 0 Å². The number of carboxylic acids is 1. The van der Waals surface area contributed by atoms with E-state index in [9.17, 15) is 9.59 Å². The van der Waals surface area contributed by atoms with E-state index in [2.05, 4.69) is 10.6 Å². The number of hydrogen-bond donors (Lipinski definition) is 3. The van der Waals surface area contributed by atoms with Gasteiger partial charge in [0.15, 0.2) is 0 Å². The number of hydrogen-bond acceptors (Lipinski definition) is 2. The van der Waals surface area contributed by atoms with Gasteiger partial charge in [0.25, 0.3) is 0 Å². The second-order valence-corrected chi connectivity index (χ2v) is 4.58. The standard InChI is InChI=1S/C14H20N2O3/c1-10-5-3-4-6-12(10)9-11(2)16-14(19)15-8-7-13(17)18/h3-6,11H,7-9H2,1-2H3,(H,17,18)(H2,15,16,19). The van der Waals surface area contributed by atoms with E-state index in [-0.39, 0.29) is 25.0 Å². The highest BCUT2D eigenvalue weighted by molar-refractivity contribution is 5.75. The molecule has 0 aliphatic rings. The number of carbonyl (C=O) groups is 2. The van der Waals surface area contributed by atoms with Gasteiger partial charge in [-0.2, -0.15) is 0 Å². The Balaban J connectivity index is 2.34. The van der Waals surface area contributed by atoms with Crippen LogP contribution in [0.5, 0.6) is 0 Å². The van der Waals surface area contributed by atoms with Crippen LogP contribution in [-0.2, 0) is 11.2 Å². The molecule has 19 heavy (non-hydrogen) atoms. The van der Waals surface area contributed by atoms with Crippen molar-refractivity contribution >= 4 is 12.0 Å². The van der Waals surface area contributed by atoms with Crippen molar-refractivity contribution in [1.82, 2.24) is 10.6 Å². The molecule has 5 heteroatoms. The van der Waals surface area contributed by atoms with Gasteiger partial charge in [-0.1, -0.05) is 24.3 Å². The first-order valence-electron chi connectivity index (χ1n) is 6.29. The van der Waals surface area contributed by atoms with Crippen LogP contribution >= 0.6 is 0 Å². The summed E-state index contributed by atoms with van der Waals surface area (Å²) in [5.74, 6) is -0.923. The van der Waals surface area contributed by atoms with Gasteiger partial charge in [-0.3, -0.25) is 4.79 Å². The minimum Gasteiger partial charge on any atom is -0.481 e.